The van der Waals surface area contributed by atoms with Crippen molar-refractivity contribution in [3.8, 4) is 0 Å². The fourth-order valence-corrected chi connectivity index (χ4v) is 3.08. The van der Waals surface area contributed by atoms with E-state index in [1.807, 2.05) is 12.1 Å². The molecule has 0 fully saturated rings. The number of halogens is 2. The Morgan fingerprint density at radius 2 is 1.96 bits per heavy atom. The Morgan fingerprint density at radius 1 is 1.08 bits per heavy atom. The van der Waals surface area contributed by atoms with Crippen molar-refractivity contribution in [2.75, 3.05) is 16.8 Å². The molecule has 2 aromatic carbocycles. The van der Waals surface area contributed by atoms with Crippen LogP contribution in [0.2, 0.25) is 10.0 Å². The fourth-order valence-electron chi connectivity index (χ4n) is 2.75. The number of nitrogens with zero attached hydrogens (tertiary/aromatic N) is 4. The summed E-state index contributed by atoms with van der Waals surface area (Å²) in [6.45, 7) is 0.836. The third-order valence-electron chi connectivity index (χ3n) is 3.87. The second-order valence-electron chi connectivity index (χ2n) is 5.42. The molecule has 120 valence electrons. The maximum Gasteiger partial charge on any atom is 0.251 e. The average molecular weight is 358 g/mol. The van der Waals surface area contributed by atoms with E-state index >= 15 is 0 Å². The van der Waals surface area contributed by atoms with Crippen LogP contribution < -0.4 is 10.2 Å². The SMILES string of the molecule is Clc1ccc(Cl)c(Nc2cnnc(N3CCc4ccccc43)n2)c1. The molecule has 1 aromatic heterocycles. The summed E-state index contributed by atoms with van der Waals surface area (Å²) in [6.07, 6.45) is 2.53. The van der Waals surface area contributed by atoms with E-state index in [1.165, 1.54) is 5.56 Å². The molecule has 24 heavy (non-hydrogen) atoms. The van der Waals surface area contributed by atoms with Crippen LogP contribution in [0.5, 0.6) is 0 Å². The van der Waals surface area contributed by atoms with Crippen molar-refractivity contribution < 1.29 is 0 Å². The lowest BCUT2D eigenvalue weighted by Gasteiger charge is -2.17. The maximum atomic E-state index is 6.18. The molecule has 1 N–H and O–H groups in total. The minimum absolute atomic E-state index is 0.558. The van der Waals surface area contributed by atoms with Crippen LogP contribution in [0.1, 0.15) is 5.56 Å². The number of rotatable bonds is 3. The van der Waals surface area contributed by atoms with E-state index in [0.29, 0.717) is 27.5 Å². The predicted octanol–water partition coefficient (Wildman–Crippen LogP) is 4.62. The van der Waals surface area contributed by atoms with Gasteiger partial charge in [0.1, 0.15) is 0 Å². The van der Waals surface area contributed by atoms with Crippen molar-refractivity contribution in [1.29, 1.82) is 0 Å². The van der Waals surface area contributed by atoms with E-state index in [4.69, 9.17) is 23.2 Å². The first kappa shape index (κ1) is 15.2. The summed E-state index contributed by atoms with van der Waals surface area (Å²) in [7, 11) is 0. The van der Waals surface area contributed by atoms with Gasteiger partial charge in [0.25, 0.3) is 5.95 Å². The van der Waals surface area contributed by atoms with Crippen molar-refractivity contribution in [1.82, 2.24) is 15.2 Å². The predicted molar refractivity (Wildman–Crippen MR) is 96.7 cm³/mol. The number of hydrogen-bond acceptors (Lipinski definition) is 5. The number of anilines is 4. The van der Waals surface area contributed by atoms with Gasteiger partial charge >= 0.3 is 0 Å². The van der Waals surface area contributed by atoms with E-state index in [1.54, 1.807) is 24.4 Å². The van der Waals surface area contributed by atoms with Crippen LogP contribution in [0.4, 0.5) is 23.1 Å². The maximum absolute atomic E-state index is 6.18. The topological polar surface area (TPSA) is 53.9 Å². The molecule has 0 saturated heterocycles. The lowest BCUT2D eigenvalue weighted by molar-refractivity contribution is 0.887. The number of benzene rings is 2. The monoisotopic (exact) mass is 357 g/mol. The molecule has 1 aliphatic rings. The molecule has 0 aliphatic carbocycles. The highest BCUT2D eigenvalue weighted by atomic mass is 35.5. The molecule has 3 aromatic rings. The first-order valence-corrected chi connectivity index (χ1v) is 8.23. The van der Waals surface area contributed by atoms with Crippen molar-refractivity contribution in [2.24, 2.45) is 0 Å². The quantitative estimate of drug-likeness (QED) is 0.741. The van der Waals surface area contributed by atoms with Crippen LogP contribution in [0, 0.1) is 0 Å². The van der Waals surface area contributed by atoms with E-state index in [-0.39, 0.29) is 0 Å². The zero-order chi connectivity index (χ0) is 16.5. The first-order chi connectivity index (χ1) is 11.7. The molecule has 5 nitrogen and oxygen atoms in total. The summed E-state index contributed by atoms with van der Waals surface area (Å²) in [5, 5.41) is 12.5. The molecule has 0 saturated carbocycles. The van der Waals surface area contributed by atoms with Crippen LogP contribution in [0.15, 0.2) is 48.7 Å². The largest absolute Gasteiger partial charge is 0.338 e. The van der Waals surface area contributed by atoms with Gasteiger partial charge in [-0.05, 0) is 36.2 Å². The van der Waals surface area contributed by atoms with Crippen molar-refractivity contribution in [3.63, 3.8) is 0 Å². The number of para-hydroxylation sites is 1. The zero-order valence-electron chi connectivity index (χ0n) is 12.6. The lowest BCUT2D eigenvalue weighted by Crippen LogP contribution is -2.17. The van der Waals surface area contributed by atoms with Gasteiger partial charge in [-0.15, -0.1) is 5.10 Å². The molecule has 0 unspecified atom stereocenters. The van der Waals surface area contributed by atoms with Crippen LogP contribution in [0.3, 0.4) is 0 Å². The van der Waals surface area contributed by atoms with E-state index in [9.17, 15) is 0 Å². The van der Waals surface area contributed by atoms with Gasteiger partial charge in [0.05, 0.1) is 16.9 Å². The number of nitrogens with one attached hydrogen (secondary N) is 1. The molecule has 0 radical (unpaired) electrons. The zero-order valence-corrected chi connectivity index (χ0v) is 14.1. The Balaban J connectivity index is 1.64. The Hall–Kier alpha value is -2.37. The van der Waals surface area contributed by atoms with Crippen LogP contribution in [0.25, 0.3) is 0 Å². The molecule has 0 atom stereocenters. The second-order valence-corrected chi connectivity index (χ2v) is 6.26. The van der Waals surface area contributed by atoms with Crippen LogP contribution in [-0.2, 0) is 6.42 Å². The lowest BCUT2D eigenvalue weighted by atomic mass is 10.2. The molecule has 1 aliphatic heterocycles. The minimum atomic E-state index is 0.558. The highest BCUT2D eigenvalue weighted by Gasteiger charge is 2.22. The highest BCUT2D eigenvalue weighted by molar-refractivity contribution is 6.35. The Morgan fingerprint density at radius 3 is 2.88 bits per heavy atom. The first-order valence-electron chi connectivity index (χ1n) is 7.48. The molecule has 2 heterocycles. The van der Waals surface area contributed by atoms with Gasteiger partial charge in [-0.3, -0.25) is 0 Å². The Bertz CT molecular complexity index is 900. The van der Waals surface area contributed by atoms with E-state index in [2.05, 4.69) is 37.5 Å². The summed E-state index contributed by atoms with van der Waals surface area (Å²) in [5.41, 5.74) is 3.09. The standard InChI is InChI=1S/C17H13Cl2N5/c18-12-5-6-13(19)14(9-12)21-16-10-20-23-17(22-16)24-8-7-11-3-1-2-4-15(11)24/h1-6,9-10H,7-8H2,(H,21,22,23). The second kappa shape index (κ2) is 6.26. The third-order valence-corrected chi connectivity index (χ3v) is 4.43. The number of hydrogen-bond donors (Lipinski definition) is 1. The summed E-state index contributed by atoms with van der Waals surface area (Å²) < 4.78 is 0. The highest BCUT2D eigenvalue weighted by Crippen LogP contribution is 2.33. The average Bonchev–Trinajstić information content (AvgIpc) is 3.03. The number of aromatic nitrogens is 3. The molecule has 4 rings (SSSR count). The molecule has 0 spiro atoms. The van der Waals surface area contributed by atoms with Crippen LogP contribution >= 0.6 is 23.2 Å². The Kier molecular flexibility index (Phi) is 3.96. The van der Waals surface area contributed by atoms with Gasteiger partial charge in [0.2, 0.25) is 0 Å². The molecule has 0 bridgehead atoms. The molecular weight excluding hydrogens is 345 g/mol. The molecule has 0 amide bonds. The summed E-state index contributed by atoms with van der Waals surface area (Å²) in [6, 6.07) is 13.5. The van der Waals surface area contributed by atoms with Crippen molar-refractivity contribution in [3.05, 3.63) is 64.3 Å². The van der Waals surface area contributed by atoms with Gasteiger partial charge in [-0.1, -0.05) is 41.4 Å². The van der Waals surface area contributed by atoms with Gasteiger partial charge in [0.15, 0.2) is 5.82 Å². The number of fused-ring (bicyclic) bond motifs is 1. The molecule has 7 heteroatoms. The van der Waals surface area contributed by atoms with Gasteiger partial charge < -0.3 is 10.2 Å². The van der Waals surface area contributed by atoms with Gasteiger partial charge in [-0.2, -0.15) is 10.1 Å². The van der Waals surface area contributed by atoms with Gasteiger partial charge in [0, 0.05) is 17.3 Å². The van der Waals surface area contributed by atoms with E-state index in [0.717, 1.165) is 18.7 Å². The Labute approximate surface area is 149 Å². The third kappa shape index (κ3) is 2.88. The van der Waals surface area contributed by atoms with Crippen molar-refractivity contribution in [2.45, 2.75) is 6.42 Å². The smallest absolute Gasteiger partial charge is 0.251 e. The summed E-state index contributed by atoms with van der Waals surface area (Å²) in [5.74, 6) is 1.12. The molecular formula is C17H13Cl2N5. The summed E-state index contributed by atoms with van der Waals surface area (Å²) >= 11 is 12.2. The van der Waals surface area contributed by atoms with Crippen molar-refractivity contribution >= 4 is 46.3 Å². The normalized spacial score (nSPS) is 13.0. The fraction of sp³-hybridized carbons (Fsp3) is 0.118. The van der Waals surface area contributed by atoms with E-state index < -0.39 is 0 Å². The minimum Gasteiger partial charge on any atom is -0.338 e. The van der Waals surface area contributed by atoms with Gasteiger partial charge in [-0.25, -0.2) is 0 Å². The van der Waals surface area contributed by atoms with Crippen LogP contribution in [-0.4, -0.2) is 21.7 Å². The summed E-state index contributed by atoms with van der Waals surface area (Å²) in [4.78, 5) is 6.62.